The first-order chi connectivity index (χ1) is 8.77. The van der Waals surface area contributed by atoms with Crippen LogP contribution < -0.4 is 10.6 Å². The third-order valence-corrected chi connectivity index (χ3v) is 2.57. The summed E-state index contributed by atoms with van der Waals surface area (Å²) in [6.45, 7) is 2.23. The molecule has 0 aromatic rings. The summed E-state index contributed by atoms with van der Waals surface area (Å²) in [6, 6.07) is 1.86. The van der Waals surface area contributed by atoms with Gasteiger partial charge in [0.2, 0.25) is 0 Å². The van der Waals surface area contributed by atoms with Gasteiger partial charge in [-0.1, -0.05) is 0 Å². The minimum atomic E-state index is -0.394. The first-order valence-corrected chi connectivity index (χ1v) is 6.00. The average molecular weight is 253 g/mol. The van der Waals surface area contributed by atoms with E-state index in [4.69, 9.17) is 14.7 Å². The molecule has 2 N–H and O–H groups in total. The van der Waals surface area contributed by atoms with Crippen molar-refractivity contribution in [1.29, 1.82) is 5.26 Å². The quantitative estimate of drug-likeness (QED) is 0.377. The van der Waals surface area contributed by atoms with Crippen molar-refractivity contribution in [2.24, 2.45) is 0 Å². The maximum Gasteiger partial charge on any atom is 0.263 e. The zero-order valence-electron chi connectivity index (χ0n) is 10.6. The Hall–Kier alpha value is -1.58. The summed E-state index contributed by atoms with van der Waals surface area (Å²) in [7, 11) is 1.55. The lowest BCUT2D eigenvalue weighted by Crippen LogP contribution is -2.29. The van der Waals surface area contributed by atoms with Crippen LogP contribution >= 0.6 is 0 Å². The van der Waals surface area contributed by atoms with Gasteiger partial charge in [-0.2, -0.15) is 5.26 Å². The second-order valence-electron chi connectivity index (χ2n) is 3.96. The fraction of sp³-hybridized carbons (Fsp3) is 0.667. The molecule has 1 aliphatic rings. The normalized spacial score (nSPS) is 19.3. The van der Waals surface area contributed by atoms with Crippen LogP contribution in [-0.4, -0.2) is 45.4 Å². The molecule has 18 heavy (non-hydrogen) atoms. The van der Waals surface area contributed by atoms with Crippen LogP contribution in [0.4, 0.5) is 0 Å². The SMILES string of the molecule is COCCNC(=O)/C(C#N)=C\NCC1CCCO1. The third kappa shape index (κ3) is 5.17. The molecule has 1 unspecified atom stereocenters. The van der Waals surface area contributed by atoms with Crippen LogP contribution in [0.2, 0.25) is 0 Å². The van der Waals surface area contributed by atoms with Crippen LogP contribution in [0.15, 0.2) is 11.8 Å². The number of nitrogens with one attached hydrogen (secondary N) is 2. The molecule has 1 atom stereocenters. The van der Waals surface area contributed by atoms with E-state index in [1.165, 1.54) is 6.20 Å². The number of ether oxygens (including phenoxy) is 2. The predicted octanol–water partition coefficient (Wildman–Crippen LogP) is -0.0749. The monoisotopic (exact) mass is 253 g/mol. The summed E-state index contributed by atoms with van der Waals surface area (Å²) in [6.07, 6.45) is 3.70. The van der Waals surface area contributed by atoms with Gasteiger partial charge >= 0.3 is 0 Å². The topological polar surface area (TPSA) is 83.4 Å². The fourth-order valence-electron chi connectivity index (χ4n) is 1.61. The molecule has 1 fully saturated rings. The number of methoxy groups -OCH3 is 1. The van der Waals surface area contributed by atoms with E-state index in [1.54, 1.807) is 7.11 Å². The lowest BCUT2D eigenvalue weighted by atomic mass is 10.2. The Morgan fingerprint density at radius 3 is 3.11 bits per heavy atom. The van der Waals surface area contributed by atoms with Gasteiger partial charge in [-0.15, -0.1) is 0 Å². The molecule has 6 heteroatoms. The number of amides is 1. The van der Waals surface area contributed by atoms with Gasteiger partial charge in [-0.3, -0.25) is 4.79 Å². The minimum absolute atomic E-state index is 0.0594. The summed E-state index contributed by atoms with van der Waals surface area (Å²) in [4.78, 5) is 11.5. The van der Waals surface area contributed by atoms with E-state index in [0.29, 0.717) is 19.7 Å². The molecule has 0 bridgehead atoms. The van der Waals surface area contributed by atoms with Crippen LogP contribution in [0.25, 0.3) is 0 Å². The highest BCUT2D eigenvalue weighted by atomic mass is 16.5. The summed E-state index contributed by atoms with van der Waals surface area (Å²) in [5.74, 6) is -0.394. The molecule has 0 saturated carbocycles. The molecule has 100 valence electrons. The van der Waals surface area contributed by atoms with Crippen molar-refractivity contribution < 1.29 is 14.3 Å². The summed E-state index contributed by atoms with van der Waals surface area (Å²) >= 11 is 0. The third-order valence-electron chi connectivity index (χ3n) is 2.57. The van der Waals surface area contributed by atoms with Crippen molar-refractivity contribution in [3.8, 4) is 6.07 Å². The molecule has 0 radical (unpaired) electrons. The molecule has 0 aliphatic carbocycles. The molecular formula is C12H19N3O3. The van der Waals surface area contributed by atoms with Gasteiger partial charge in [0.1, 0.15) is 11.6 Å². The van der Waals surface area contributed by atoms with Crippen molar-refractivity contribution in [3.05, 3.63) is 11.8 Å². The Balaban J connectivity index is 2.29. The van der Waals surface area contributed by atoms with Gasteiger partial charge < -0.3 is 20.1 Å². The van der Waals surface area contributed by atoms with Crippen molar-refractivity contribution in [2.45, 2.75) is 18.9 Å². The van der Waals surface area contributed by atoms with E-state index in [9.17, 15) is 4.79 Å². The lowest BCUT2D eigenvalue weighted by Gasteiger charge is -2.09. The number of carbonyl (C=O) groups excluding carboxylic acids is 1. The molecule has 1 aliphatic heterocycles. The van der Waals surface area contributed by atoms with Gasteiger partial charge in [0.15, 0.2) is 0 Å². The molecule has 0 spiro atoms. The minimum Gasteiger partial charge on any atom is -0.387 e. The van der Waals surface area contributed by atoms with E-state index < -0.39 is 5.91 Å². The molecular weight excluding hydrogens is 234 g/mol. The Morgan fingerprint density at radius 2 is 2.50 bits per heavy atom. The van der Waals surface area contributed by atoms with E-state index >= 15 is 0 Å². The van der Waals surface area contributed by atoms with E-state index in [-0.39, 0.29) is 11.7 Å². The highest BCUT2D eigenvalue weighted by molar-refractivity contribution is 5.97. The number of carbonyl (C=O) groups is 1. The first kappa shape index (κ1) is 14.5. The molecule has 6 nitrogen and oxygen atoms in total. The number of nitrogens with zero attached hydrogens (tertiary/aromatic N) is 1. The van der Waals surface area contributed by atoms with Crippen LogP contribution in [0.3, 0.4) is 0 Å². The molecule has 1 amide bonds. The molecule has 1 heterocycles. The number of hydrogen-bond donors (Lipinski definition) is 2. The van der Waals surface area contributed by atoms with Crippen LogP contribution in [0.1, 0.15) is 12.8 Å². The predicted molar refractivity (Wildman–Crippen MR) is 65.6 cm³/mol. The molecule has 1 saturated heterocycles. The zero-order chi connectivity index (χ0) is 13.2. The number of rotatable bonds is 7. The van der Waals surface area contributed by atoms with Crippen LogP contribution in [0, 0.1) is 11.3 Å². The smallest absolute Gasteiger partial charge is 0.263 e. The van der Waals surface area contributed by atoms with E-state index in [0.717, 1.165) is 19.4 Å². The molecule has 0 aromatic heterocycles. The molecule has 1 rings (SSSR count). The van der Waals surface area contributed by atoms with Crippen LogP contribution in [-0.2, 0) is 14.3 Å². The fourth-order valence-corrected chi connectivity index (χ4v) is 1.61. The Labute approximate surface area is 107 Å². The Bertz CT molecular complexity index is 330. The number of nitriles is 1. The van der Waals surface area contributed by atoms with Gasteiger partial charge in [0.05, 0.1) is 12.7 Å². The number of hydrogen-bond acceptors (Lipinski definition) is 5. The van der Waals surface area contributed by atoms with Crippen LogP contribution in [0.5, 0.6) is 0 Å². The van der Waals surface area contributed by atoms with Gasteiger partial charge in [0.25, 0.3) is 5.91 Å². The summed E-state index contributed by atoms with van der Waals surface area (Å²) in [5.41, 5.74) is 0.0594. The van der Waals surface area contributed by atoms with E-state index in [2.05, 4.69) is 10.6 Å². The maximum absolute atomic E-state index is 11.5. The van der Waals surface area contributed by atoms with E-state index in [1.807, 2.05) is 6.07 Å². The van der Waals surface area contributed by atoms with Crippen molar-refractivity contribution in [3.63, 3.8) is 0 Å². The highest BCUT2D eigenvalue weighted by Crippen LogP contribution is 2.10. The first-order valence-electron chi connectivity index (χ1n) is 6.00. The van der Waals surface area contributed by atoms with Crippen molar-refractivity contribution in [1.82, 2.24) is 10.6 Å². The molecule has 0 aromatic carbocycles. The van der Waals surface area contributed by atoms with Gasteiger partial charge in [0, 0.05) is 33.0 Å². The Morgan fingerprint density at radius 1 is 1.67 bits per heavy atom. The largest absolute Gasteiger partial charge is 0.387 e. The lowest BCUT2D eigenvalue weighted by molar-refractivity contribution is -0.117. The maximum atomic E-state index is 11.5. The second kappa shape index (κ2) is 8.50. The van der Waals surface area contributed by atoms with Gasteiger partial charge in [-0.25, -0.2) is 0 Å². The Kier molecular flexibility index (Phi) is 6.84. The van der Waals surface area contributed by atoms with Crippen molar-refractivity contribution >= 4 is 5.91 Å². The zero-order valence-corrected chi connectivity index (χ0v) is 10.6. The van der Waals surface area contributed by atoms with Gasteiger partial charge in [-0.05, 0) is 12.8 Å². The standard InChI is InChI=1S/C12H19N3O3/c1-17-6-4-15-12(16)10(7-13)8-14-9-11-3-2-5-18-11/h8,11,14H,2-6,9H2,1H3,(H,15,16)/b10-8-. The summed E-state index contributed by atoms with van der Waals surface area (Å²) < 4.78 is 10.2. The highest BCUT2D eigenvalue weighted by Gasteiger charge is 2.14. The average Bonchev–Trinajstić information content (AvgIpc) is 2.88. The summed E-state index contributed by atoms with van der Waals surface area (Å²) in [5, 5.41) is 14.4. The van der Waals surface area contributed by atoms with Crippen molar-refractivity contribution in [2.75, 3.05) is 33.4 Å². The second-order valence-corrected chi connectivity index (χ2v) is 3.96.